The van der Waals surface area contributed by atoms with Crippen molar-refractivity contribution in [2.24, 2.45) is 0 Å². The predicted octanol–water partition coefficient (Wildman–Crippen LogP) is 2.99. The molecule has 3 heterocycles. The third kappa shape index (κ3) is 2.10. The molecule has 0 aliphatic carbocycles. The Morgan fingerprint density at radius 3 is 2.36 bits per heavy atom. The van der Waals surface area contributed by atoms with Crippen molar-refractivity contribution in [3.05, 3.63) is 66.9 Å². The number of aromatic nitrogens is 5. The van der Waals surface area contributed by atoms with E-state index in [4.69, 9.17) is 0 Å². The van der Waals surface area contributed by atoms with Gasteiger partial charge in [-0.3, -0.25) is 4.98 Å². The molecule has 4 aromatic rings. The highest BCUT2D eigenvalue weighted by molar-refractivity contribution is 5.63. The normalized spacial score (nSPS) is 11.0. The van der Waals surface area contributed by atoms with Gasteiger partial charge in [0.2, 0.25) is 0 Å². The molecule has 0 saturated heterocycles. The van der Waals surface area contributed by atoms with Crippen molar-refractivity contribution >= 4 is 5.78 Å². The smallest absolute Gasteiger partial charge is 0.253 e. The van der Waals surface area contributed by atoms with Crippen molar-refractivity contribution in [1.29, 1.82) is 0 Å². The van der Waals surface area contributed by atoms with Crippen LogP contribution < -0.4 is 0 Å². The zero-order valence-corrected chi connectivity index (χ0v) is 11.4. The van der Waals surface area contributed by atoms with Crippen molar-refractivity contribution in [1.82, 2.24) is 24.6 Å². The molecular formula is C16H10FN5. The summed E-state index contributed by atoms with van der Waals surface area (Å²) in [5.41, 5.74) is 2.58. The van der Waals surface area contributed by atoms with Gasteiger partial charge in [-0.2, -0.15) is 9.50 Å². The first-order valence-corrected chi connectivity index (χ1v) is 6.69. The second kappa shape index (κ2) is 5.00. The lowest BCUT2D eigenvalue weighted by molar-refractivity contribution is 0.628. The topological polar surface area (TPSA) is 56.0 Å². The van der Waals surface area contributed by atoms with E-state index < -0.39 is 0 Å². The third-order valence-electron chi connectivity index (χ3n) is 3.32. The maximum Gasteiger partial charge on any atom is 0.253 e. The maximum atomic E-state index is 13.0. The van der Waals surface area contributed by atoms with Crippen LogP contribution in [0.5, 0.6) is 0 Å². The Hall–Kier alpha value is -3.15. The van der Waals surface area contributed by atoms with Crippen LogP contribution in [0.25, 0.3) is 28.4 Å². The molecule has 6 heteroatoms. The van der Waals surface area contributed by atoms with E-state index in [2.05, 4.69) is 20.1 Å². The molecule has 106 valence electrons. The summed E-state index contributed by atoms with van der Waals surface area (Å²) in [5.74, 6) is 0.714. The Kier molecular flexibility index (Phi) is 2.86. The van der Waals surface area contributed by atoms with E-state index in [0.29, 0.717) is 11.6 Å². The monoisotopic (exact) mass is 291 g/mol. The van der Waals surface area contributed by atoms with E-state index in [-0.39, 0.29) is 5.82 Å². The molecule has 4 rings (SSSR count). The van der Waals surface area contributed by atoms with Gasteiger partial charge in [-0.05, 0) is 42.5 Å². The fraction of sp³-hybridized carbons (Fsp3) is 0. The molecule has 0 N–H and O–H groups in total. The van der Waals surface area contributed by atoms with Crippen LogP contribution in [0.4, 0.5) is 4.39 Å². The van der Waals surface area contributed by atoms with Crippen LogP contribution in [0.1, 0.15) is 0 Å². The SMILES string of the molecule is Fc1ccc(-c2nc3nccc(-c4ccncc4)n3n2)cc1. The van der Waals surface area contributed by atoms with E-state index in [0.717, 1.165) is 16.8 Å². The Morgan fingerprint density at radius 2 is 1.59 bits per heavy atom. The number of halogens is 1. The van der Waals surface area contributed by atoms with Gasteiger partial charge in [0.15, 0.2) is 5.82 Å². The van der Waals surface area contributed by atoms with Crippen LogP contribution in [-0.4, -0.2) is 24.6 Å². The number of pyridine rings is 1. The van der Waals surface area contributed by atoms with Crippen molar-refractivity contribution in [2.45, 2.75) is 0 Å². The largest absolute Gasteiger partial charge is 0.265 e. The Labute approximate surface area is 125 Å². The molecule has 0 amide bonds. The van der Waals surface area contributed by atoms with E-state index in [9.17, 15) is 4.39 Å². The highest BCUT2D eigenvalue weighted by atomic mass is 19.1. The fourth-order valence-corrected chi connectivity index (χ4v) is 2.26. The molecule has 0 unspecified atom stereocenters. The molecule has 0 radical (unpaired) electrons. The molecule has 0 aliphatic heterocycles. The second-order valence-electron chi connectivity index (χ2n) is 4.72. The molecule has 3 aromatic heterocycles. The average molecular weight is 291 g/mol. The lowest BCUT2D eigenvalue weighted by Crippen LogP contribution is -1.95. The van der Waals surface area contributed by atoms with Crippen molar-refractivity contribution in [2.75, 3.05) is 0 Å². The standard InChI is InChI=1S/C16H10FN5/c17-13-3-1-12(2-4-13)15-20-16-19-10-7-14(22(16)21-15)11-5-8-18-9-6-11/h1-10H. The summed E-state index contributed by atoms with van der Waals surface area (Å²) in [4.78, 5) is 12.6. The summed E-state index contributed by atoms with van der Waals surface area (Å²) in [5, 5.41) is 4.49. The first-order valence-electron chi connectivity index (χ1n) is 6.69. The van der Waals surface area contributed by atoms with Gasteiger partial charge in [0.1, 0.15) is 5.82 Å². The number of nitrogens with zero attached hydrogens (tertiary/aromatic N) is 5. The van der Waals surface area contributed by atoms with Gasteiger partial charge >= 0.3 is 0 Å². The van der Waals surface area contributed by atoms with Crippen LogP contribution in [0, 0.1) is 5.82 Å². The molecule has 0 spiro atoms. The summed E-state index contributed by atoms with van der Waals surface area (Å²) in [6.07, 6.45) is 5.13. The zero-order valence-electron chi connectivity index (χ0n) is 11.4. The van der Waals surface area contributed by atoms with Crippen LogP contribution in [-0.2, 0) is 0 Å². The number of hydrogen-bond acceptors (Lipinski definition) is 4. The van der Waals surface area contributed by atoms with Crippen molar-refractivity contribution in [3.8, 4) is 22.6 Å². The fourth-order valence-electron chi connectivity index (χ4n) is 2.26. The minimum Gasteiger partial charge on any atom is -0.265 e. The van der Waals surface area contributed by atoms with Gasteiger partial charge in [0, 0.05) is 29.7 Å². The van der Waals surface area contributed by atoms with Crippen LogP contribution in [0.3, 0.4) is 0 Å². The Morgan fingerprint density at radius 1 is 0.818 bits per heavy atom. The van der Waals surface area contributed by atoms with Crippen LogP contribution in [0.15, 0.2) is 61.1 Å². The number of hydrogen-bond donors (Lipinski definition) is 0. The summed E-state index contributed by atoms with van der Waals surface area (Å²) >= 11 is 0. The third-order valence-corrected chi connectivity index (χ3v) is 3.32. The van der Waals surface area contributed by atoms with Crippen molar-refractivity contribution in [3.63, 3.8) is 0 Å². The molecular weight excluding hydrogens is 281 g/mol. The summed E-state index contributed by atoms with van der Waals surface area (Å²) < 4.78 is 14.7. The first-order chi connectivity index (χ1) is 10.8. The number of rotatable bonds is 2. The molecule has 22 heavy (non-hydrogen) atoms. The summed E-state index contributed by atoms with van der Waals surface area (Å²) in [6, 6.07) is 11.7. The molecule has 1 aromatic carbocycles. The van der Waals surface area contributed by atoms with Gasteiger partial charge in [0.05, 0.1) is 5.69 Å². The molecule has 0 atom stereocenters. The lowest BCUT2D eigenvalue weighted by Gasteiger charge is -2.02. The van der Waals surface area contributed by atoms with E-state index >= 15 is 0 Å². The van der Waals surface area contributed by atoms with Crippen molar-refractivity contribution < 1.29 is 4.39 Å². The van der Waals surface area contributed by atoms with Gasteiger partial charge < -0.3 is 0 Å². The Bertz CT molecular complexity index is 932. The molecule has 0 fully saturated rings. The number of fused-ring (bicyclic) bond motifs is 1. The number of benzene rings is 1. The first kappa shape index (κ1) is 12.6. The second-order valence-corrected chi connectivity index (χ2v) is 4.72. The Balaban J connectivity index is 1.89. The minimum absolute atomic E-state index is 0.289. The molecule has 0 aliphatic rings. The van der Waals surface area contributed by atoms with Gasteiger partial charge in [-0.1, -0.05) is 0 Å². The molecule has 0 bridgehead atoms. The van der Waals surface area contributed by atoms with Crippen LogP contribution >= 0.6 is 0 Å². The maximum absolute atomic E-state index is 13.0. The predicted molar refractivity (Wildman–Crippen MR) is 79.4 cm³/mol. The summed E-state index contributed by atoms with van der Waals surface area (Å²) in [6.45, 7) is 0. The van der Waals surface area contributed by atoms with Gasteiger partial charge in [-0.25, -0.2) is 9.37 Å². The molecule has 5 nitrogen and oxygen atoms in total. The zero-order chi connectivity index (χ0) is 14.9. The highest BCUT2D eigenvalue weighted by Crippen LogP contribution is 2.21. The van der Waals surface area contributed by atoms with Gasteiger partial charge in [0.25, 0.3) is 5.78 Å². The average Bonchev–Trinajstić information content (AvgIpc) is 3.00. The van der Waals surface area contributed by atoms with E-state index in [1.165, 1.54) is 12.1 Å². The van der Waals surface area contributed by atoms with E-state index in [1.807, 2.05) is 18.2 Å². The van der Waals surface area contributed by atoms with E-state index in [1.54, 1.807) is 35.2 Å². The lowest BCUT2D eigenvalue weighted by atomic mass is 10.2. The quantitative estimate of drug-likeness (QED) is 0.569. The van der Waals surface area contributed by atoms with Crippen LogP contribution in [0.2, 0.25) is 0 Å². The highest BCUT2D eigenvalue weighted by Gasteiger charge is 2.11. The minimum atomic E-state index is -0.289. The van der Waals surface area contributed by atoms with Gasteiger partial charge in [-0.15, -0.1) is 5.10 Å². The summed E-state index contributed by atoms with van der Waals surface area (Å²) in [7, 11) is 0. The molecule has 0 saturated carbocycles.